The summed E-state index contributed by atoms with van der Waals surface area (Å²) >= 11 is 0. The number of nitrogens with one attached hydrogen (secondary N) is 2. The Labute approximate surface area is 134 Å². The highest BCUT2D eigenvalue weighted by Crippen LogP contribution is 2.17. The van der Waals surface area contributed by atoms with Gasteiger partial charge in [0, 0.05) is 26.8 Å². The summed E-state index contributed by atoms with van der Waals surface area (Å²) in [6.07, 6.45) is 3.20. The van der Waals surface area contributed by atoms with Crippen LogP contribution in [0.3, 0.4) is 0 Å². The summed E-state index contributed by atoms with van der Waals surface area (Å²) in [5, 5.41) is 11.1. The summed E-state index contributed by atoms with van der Waals surface area (Å²) in [4.78, 5) is 20.0. The number of amides is 1. The number of methoxy groups -OCH3 is 1. The molecule has 23 heavy (non-hydrogen) atoms. The van der Waals surface area contributed by atoms with Gasteiger partial charge in [0.25, 0.3) is 0 Å². The average molecular weight is 322 g/mol. The minimum atomic E-state index is -0.139. The quantitative estimate of drug-likeness (QED) is 0.595. The van der Waals surface area contributed by atoms with Gasteiger partial charge >= 0.3 is 0 Å². The molecule has 0 atom stereocenters. The van der Waals surface area contributed by atoms with E-state index in [1.165, 1.54) is 6.33 Å². The minimum absolute atomic E-state index is 0.0755. The van der Waals surface area contributed by atoms with E-state index in [9.17, 15) is 4.79 Å². The molecule has 0 aromatic carbocycles. The Balaban J connectivity index is 1.94. The molecule has 2 N–H and O–H groups in total. The zero-order valence-corrected chi connectivity index (χ0v) is 13.4. The largest absolute Gasteiger partial charge is 0.383 e. The molecule has 0 aliphatic rings. The molecule has 9 heteroatoms. The maximum absolute atomic E-state index is 11.5. The van der Waals surface area contributed by atoms with Gasteiger partial charge in [-0.15, -0.1) is 0 Å². The Morgan fingerprint density at radius 2 is 2.22 bits per heavy atom. The van der Waals surface area contributed by atoms with Crippen LogP contribution in [0, 0.1) is 0 Å². The molecule has 0 unspecified atom stereocenters. The van der Waals surface area contributed by atoms with Crippen LogP contribution in [-0.4, -0.2) is 65.7 Å². The van der Waals surface area contributed by atoms with Crippen LogP contribution >= 0.6 is 0 Å². The fourth-order valence-corrected chi connectivity index (χ4v) is 2.02. The predicted octanol–water partition coefficient (Wildman–Crippen LogP) is 0.0373. The van der Waals surface area contributed by atoms with Crippen molar-refractivity contribution in [3.05, 3.63) is 12.5 Å². The zero-order valence-electron chi connectivity index (χ0n) is 13.4. The van der Waals surface area contributed by atoms with Crippen LogP contribution in [-0.2, 0) is 20.8 Å². The number of fused-ring (bicyclic) bond motifs is 1. The molecule has 0 bridgehead atoms. The topological polar surface area (TPSA) is 103 Å². The third-order valence-corrected chi connectivity index (χ3v) is 3.12. The summed E-state index contributed by atoms with van der Waals surface area (Å²) in [7, 11) is 1.65. The molecule has 1 amide bonds. The number of carbonyl (C=O) groups excluding carboxylic acids is 1. The van der Waals surface area contributed by atoms with Gasteiger partial charge in [0.05, 0.1) is 24.7 Å². The van der Waals surface area contributed by atoms with Crippen LogP contribution in [0.4, 0.5) is 5.82 Å². The second-order valence-electron chi connectivity index (χ2n) is 4.73. The van der Waals surface area contributed by atoms with Crippen LogP contribution in [0.5, 0.6) is 0 Å². The number of hydrogen-bond donors (Lipinski definition) is 2. The highest BCUT2D eigenvalue weighted by Gasteiger charge is 2.09. The predicted molar refractivity (Wildman–Crippen MR) is 85.2 cm³/mol. The molecule has 0 saturated carbocycles. The number of carbonyl (C=O) groups is 1. The van der Waals surface area contributed by atoms with E-state index in [2.05, 4.69) is 25.7 Å². The molecule has 0 saturated heterocycles. The molecule has 0 fully saturated rings. The molecule has 0 spiro atoms. The summed E-state index contributed by atoms with van der Waals surface area (Å²) in [5.41, 5.74) is 0.721. The second kappa shape index (κ2) is 9.01. The maximum Gasteiger partial charge on any atom is 0.246 e. The van der Waals surface area contributed by atoms with Crippen LogP contribution in [0.1, 0.15) is 6.92 Å². The van der Waals surface area contributed by atoms with Gasteiger partial charge in [0.2, 0.25) is 5.91 Å². The van der Waals surface area contributed by atoms with E-state index < -0.39 is 0 Å². The smallest absolute Gasteiger partial charge is 0.246 e. The Hall–Kier alpha value is -2.26. The van der Waals surface area contributed by atoms with Gasteiger partial charge in [-0.2, -0.15) is 5.10 Å². The van der Waals surface area contributed by atoms with Crippen molar-refractivity contribution in [3.63, 3.8) is 0 Å². The third-order valence-electron chi connectivity index (χ3n) is 3.12. The lowest BCUT2D eigenvalue weighted by atomic mass is 10.4. The van der Waals surface area contributed by atoms with Gasteiger partial charge in [0.15, 0.2) is 5.65 Å². The van der Waals surface area contributed by atoms with E-state index in [1.54, 1.807) is 18.0 Å². The number of aromatic nitrogens is 4. The molecule has 2 heterocycles. The fourth-order valence-electron chi connectivity index (χ4n) is 2.02. The van der Waals surface area contributed by atoms with Crippen molar-refractivity contribution < 1.29 is 14.3 Å². The number of hydrogen-bond acceptors (Lipinski definition) is 7. The molecule has 0 aliphatic carbocycles. The lowest BCUT2D eigenvalue weighted by Crippen LogP contribution is -2.30. The molecular weight excluding hydrogens is 300 g/mol. The summed E-state index contributed by atoms with van der Waals surface area (Å²) in [5.74, 6) is 0.582. The number of rotatable bonds is 10. The number of ether oxygens (including phenoxy) is 2. The van der Waals surface area contributed by atoms with Crippen LogP contribution in [0.15, 0.2) is 12.5 Å². The minimum Gasteiger partial charge on any atom is -0.383 e. The Morgan fingerprint density at radius 1 is 1.35 bits per heavy atom. The first-order valence-corrected chi connectivity index (χ1v) is 7.50. The molecule has 9 nitrogen and oxygen atoms in total. The normalized spacial score (nSPS) is 10.9. The maximum atomic E-state index is 11.5. The van der Waals surface area contributed by atoms with E-state index in [-0.39, 0.29) is 12.5 Å². The zero-order chi connectivity index (χ0) is 16.5. The molecule has 2 rings (SSSR count). The van der Waals surface area contributed by atoms with E-state index in [4.69, 9.17) is 9.47 Å². The summed E-state index contributed by atoms with van der Waals surface area (Å²) in [6, 6.07) is 0. The van der Waals surface area contributed by atoms with Crippen LogP contribution in [0.25, 0.3) is 11.0 Å². The standard InChI is InChI=1S/C14H22N6O3/c1-3-23-9-12(21)15-4-6-20-14-11(8-19-20)13(17-10-18-14)16-5-7-22-2/h8,10H,3-7,9H2,1-2H3,(H,15,21)(H,16,17,18). The number of nitrogens with zero attached hydrogens (tertiary/aromatic N) is 4. The van der Waals surface area contributed by atoms with Crippen LogP contribution in [0.2, 0.25) is 0 Å². The van der Waals surface area contributed by atoms with Gasteiger partial charge < -0.3 is 20.1 Å². The summed E-state index contributed by atoms with van der Waals surface area (Å²) in [6.45, 7) is 4.67. The van der Waals surface area contributed by atoms with E-state index >= 15 is 0 Å². The first kappa shape index (κ1) is 17.1. The van der Waals surface area contributed by atoms with Crippen molar-refractivity contribution in [2.45, 2.75) is 13.5 Å². The second-order valence-corrected chi connectivity index (χ2v) is 4.73. The van der Waals surface area contributed by atoms with E-state index in [0.29, 0.717) is 32.8 Å². The Morgan fingerprint density at radius 3 is 3.00 bits per heavy atom. The Kier molecular flexibility index (Phi) is 6.70. The highest BCUT2D eigenvalue weighted by molar-refractivity contribution is 5.86. The first-order chi connectivity index (χ1) is 11.3. The Bertz CT molecular complexity index is 630. The monoisotopic (exact) mass is 322 g/mol. The fraction of sp³-hybridized carbons (Fsp3) is 0.571. The van der Waals surface area contributed by atoms with E-state index in [1.807, 2.05) is 6.92 Å². The van der Waals surface area contributed by atoms with Crippen molar-refractivity contribution in [2.24, 2.45) is 0 Å². The molecule has 2 aromatic heterocycles. The lowest BCUT2D eigenvalue weighted by Gasteiger charge is -2.07. The van der Waals surface area contributed by atoms with Gasteiger partial charge in [-0.1, -0.05) is 0 Å². The first-order valence-electron chi connectivity index (χ1n) is 7.50. The van der Waals surface area contributed by atoms with Crippen molar-refractivity contribution in [2.75, 3.05) is 45.3 Å². The van der Waals surface area contributed by atoms with Crippen molar-refractivity contribution in [1.82, 2.24) is 25.1 Å². The molecule has 126 valence electrons. The van der Waals surface area contributed by atoms with Gasteiger partial charge in [0.1, 0.15) is 18.8 Å². The van der Waals surface area contributed by atoms with Crippen molar-refractivity contribution in [3.8, 4) is 0 Å². The van der Waals surface area contributed by atoms with Crippen molar-refractivity contribution >= 4 is 22.8 Å². The van der Waals surface area contributed by atoms with Crippen LogP contribution < -0.4 is 10.6 Å². The SMILES string of the molecule is CCOCC(=O)NCCn1ncc2c(NCCOC)ncnc21. The highest BCUT2D eigenvalue weighted by atomic mass is 16.5. The molecular formula is C14H22N6O3. The van der Waals surface area contributed by atoms with Gasteiger partial charge in [-0.3, -0.25) is 4.79 Å². The van der Waals surface area contributed by atoms with Crippen molar-refractivity contribution in [1.29, 1.82) is 0 Å². The third kappa shape index (κ3) is 4.86. The summed E-state index contributed by atoms with van der Waals surface area (Å²) < 4.78 is 11.8. The van der Waals surface area contributed by atoms with E-state index in [0.717, 1.165) is 16.9 Å². The number of anilines is 1. The van der Waals surface area contributed by atoms with Gasteiger partial charge in [-0.05, 0) is 6.92 Å². The molecule has 2 aromatic rings. The lowest BCUT2D eigenvalue weighted by molar-refractivity contribution is -0.125. The van der Waals surface area contributed by atoms with Gasteiger partial charge in [-0.25, -0.2) is 14.6 Å². The average Bonchev–Trinajstić information content (AvgIpc) is 2.97. The molecule has 0 radical (unpaired) electrons. The molecule has 0 aliphatic heterocycles.